The summed E-state index contributed by atoms with van der Waals surface area (Å²) in [6.45, 7) is 3.26. The second-order valence-corrected chi connectivity index (χ2v) is 7.14. The van der Waals surface area contributed by atoms with E-state index in [4.69, 9.17) is 4.74 Å². The van der Waals surface area contributed by atoms with Gasteiger partial charge in [-0.3, -0.25) is 4.79 Å². The predicted octanol–water partition coefficient (Wildman–Crippen LogP) is 3.62. The number of carbonyl (C=O) groups is 1. The van der Waals surface area contributed by atoms with Crippen LogP contribution in [-0.4, -0.2) is 13.0 Å². The van der Waals surface area contributed by atoms with Crippen molar-refractivity contribution < 1.29 is 9.53 Å². The molecule has 0 aliphatic heterocycles. The standard InChI is InChI=1S/C18H21NO2S/c1-12-7-8-17(22-12)15-9-16(15)18(20)19-10-13-5-3-4-6-14(13)11-21-2/h3-8,15-16H,9-11H2,1-2H3,(H,19,20)/t15-,16-/m0/s1. The van der Waals surface area contributed by atoms with Crippen LogP contribution in [0.15, 0.2) is 36.4 Å². The van der Waals surface area contributed by atoms with Gasteiger partial charge in [0.15, 0.2) is 0 Å². The maximum Gasteiger partial charge on any atom is 0.224 e. The second-order valence-electron chi connectivity index (χ2n) is 5.82. The molecule has 1 aromatic carbocycles. The van der Waals surface area contributed by atoms with Crippen molar-refractivity contribution in [3.8, 4) is 0 Å². The predicted molar refractivity (Wildman–Crippen MR) is 88.9 cm³/mol. The Morgan fingerprint density at radius 2 is 2.05 bits per heavy atom. The molecule has 1 N–H and O–H groups in total. The van der Waals surface area contributed by atoms with Crippen molar-refractivity contribution in [3.63, 3.8) is 0 Å². The fraction of sp³-hybridized carbons (Fsp3) is 0.389. The highest BCUT2D eigenvalue weighted by Gasteiger charge is 2.44. The Balaban J connectivity index is 1.55. The largest absolute Gasteiger partial charge is 0.380 e. The van der Waals surface area contributed by atoms with Gasteiger partial charge >= 0.3 is 0 Å². The van der Waals surface area contributed by atoms with Gasteiger partial charge in [-0.2, -0.15) is 0 Å². The lowest BCUT2D eigenvalue weighted by Crippen LogP contribution is -2.25. The van der Waals surface area contributed by atoms with Crippen LogP contribution in [0.2, 0.25) is 0 Å². The zero-order chi connectivity index (χ0) is 15.5. The minimum absolute atomic E-state index is 0.146. The average molecular weight is 315 g/mol. The monoisotopic (exact) mass is 315 g/mol. The third kappa shape index (κ3) is 3.39. The number of hydrogen-bond acceptors (Lipinski definition) is 3. The summed E-state index contributed by atoms with van der Waals surface area (Å²) < 4.78 is 5.20. The first-order valence-corrected chi connectivity index (χ1v) is 8.40. The number of aryl methyl sites for hydroxylation is 1. The van der Waals surface area contributed by atoms with Gasteiger partial charge in [0.2, 0.25) is 5.91 Å². The molecule has 1 saturated carbocycles. The minimum Gasteiger partial charge on any atom is -0.380 e. The first kappa shape index (κ1) is 15.3. The number of rotatable bonds is 6. The highest BCUT2D eigenvalue weighted by atomic mass is 32.1. The zero-order valence-electron chi connectivity index (χ0n) is 13.0. The molecular weight excluding hydrogens is 294 g/mol. The Morgan fingerprint density at radius 3 is 2.73 bits per heavy atom. The SMILES string of the molecule is COCc1ccccc1CNC(=O)[C@H]1C[C@@H]1c1ccc(C)s1. The lowest BCUT2D eigenvalue weighted by molar-refractivity contribution is -0.122. The summed E-state index contributed by atoms with van der Waals surface area (Å²) in [4.78, 5) is 15.0. The zero-order valence-corrected chi connectivity index (χ0v) is 13.8. The molecule has 2 atom stereocenters. The average Bonchev–Trinajstić information content (AvgIpc) is 3.21. The first-order valence-electron chi connectivity index (χ1n) is 7.59. The Morgan fingerprint density at radius 1 is 1.27 bits per heavy atom. The van der Waals surface area contributed by atoms with Crippen molar-refractivity contribution in [1.82, 2.24) is 5.32 Å². The lowest BCUT2D eigenvalue weighted by Gasteiger charge is -2.10. The van der Waals surface area contributed by atoms with Crippen LogP contribution in [0.5, 0.6) is 0 Å². The molecule has 3 rings (SSSR count). The molecule has 116 valence electrons. The van der Waals surface area contributed by atoms with Crippen LogP contribution in [0.25, 0.3) is 0 Å². The minimum atomic E-state index is 0.146. The molecule has 3 nitrogen and oxygen atoms in total. The molecule has 0 spiro atoms. The van der Waals surface area contributed by atoms with Crippen LogP contribution in [0.1, 0.15) is 33.2 Å². The number of benzene rings is 1. The molecular formula is C18H21NO2S. The number of amides is 1. The molecule has 1 aliphatic rings. The molecule has 1 aliphatic carbocycles. The maximum atomic E-state index is 12.3. The Hall–Kier alpha value is -1.65. The summed E-state index contributed by atoms with van der Waals surface area (Å²) in [5, 5.41) is 3.08. The fourth-order valence-electron chi connectivity index (χ4n) is 2.79. The summed E-state index contributed by atoms with van der Waals surface area (Å²) >= 11 is 1.81. The molecule has 22 heavy (non-hydrogen) atoms. The van der Waals surface area contributed by atoms with E-state index >= 15 is 0 Å². The van der Waals surface area contributed by atoms with Gasteiger partial charge in [-0.25, -0.2) is 0 Å². The first-order chi connectivity index (χ1) is 10.7. The number of carbonyl (C=O) groups excluding carboxylic acids is 1. The molecule has 1 amide bonds. The van der Waals surface area contributed by atoms with Crippen molar-refractivity contribution in [3.05, 3.63) is 57.3 Å². The Bertz CT molecular complexity index is 665. The quantitative estimate of drug-likeness (QED) is 0.884. The van der Waals surface area contributed by atoms with Crippen LogP contribution in [0.3, 0.4) is 0 Å². The molecule has 0 radical (unpaired) electrons. The van der Waals surface area contributed by atoms with E-state index < -0.39 is 0 Å². The molecule has 1 aromatic heterocycles. The van der Waals surface area contributed by atoms with Gasteiger partial charge in [0, 0.05) is 35.2 Å². The van der Waals surface area contributed by atoms with Gasteiger partial charge < -0.3 is 10.1 Å². The summed E-state index contributed by atoms with van der Waals surface area (Å²) in [6.07, 6.45) is 0.978. The molecule has 0 bridgehead atoms. The van der Waals surface area contributed by atoms with Crippen LogP contribution in [0.4, 0.5) is 0 Å². The normalized spacial score (nSPS) is 19.9. The van der Waals surface area contributed by atoms with Crippen LogP contribution >= 0.6 is 11.3 Å². The number of thiophene rings is 1. The Kier molecular flexibility index (Phi) is 4.60. The highest BCUT2D eigenvalue weighted by molar-refractivity contribution is 7.12. The van der Waals surface area contributed by atoms with E-state index in [-0.39, 0.29) is 11.8 Å². The number of ether oxygens (including phenoxy) is 1. The van der Waals surface area contributed by atoms with Gasteiger partial charge in [0.25, 0.3) is 0 Å². The van der Waals surface area contributed by atoms with Crippen molar-refractivity contribution in [2.45, 2.75) is 32.4 Å². The summed E-state index contributed by atoms with van der Waals surface area (Å²) in [5.74, 6) is 0.740. The van der Waals surface area contributed by atoms with Gasteiger partial charge in [0.1, 0.15) is 0 Å². The topological polar surface area (TPSA) is 38.3 Å². The maximum absolute atomic E-state index is 12.3. The van der Waals surface area contributed by atoms with E-state index in [1.54, 1.807) is 18.4 Å². The van der Waals surface area contributed by atoms with Crippen molar-refractivity contribution in [2.24, 2.45) is 5.92 Å². The molecule has 0 unspecified atom stereocenters. The van der Waals surface area contributed by atoms with E-state index in [0.717, 1.165) is 17.5 Å². The smallest absolute Gasteiger partial charge is 0.224 e. The van der Waals surface area contributed by atoms with Gasteiger partial charge in [-0.05, 0) is 36.6 Å². The van der Waals surface area contributed by atoms with Crippen LogP contribution < -0.4 is 5.32 Å². The van der Waals surface area contributed by atoms with Crippen LogP contribution in [-0.2, 0) is 22.7 Å². The lowest BCUT2D eigenvalue weighted by atomic mass is 10.1. The summed E-state index contributed by atoms with van der Waals surface area (Å²) in [5.41, 5.74) is 2.26. The summed E-state index contributed by atoms with van der Waals surface area (Å²) in [6, 6.07) is 12.4. The van der Waals surface area contributed by atoms with Gasteiger partial charge in [-0.15, -0.1) is 11.3 Å². The molecule has 4 heteroatoms. The van der Waals surface area contributed by atoms with E-state index in [1.165, 1.54) is 9.75 Å². The third-order valence-corrected chi connectivity index (χ3v) is 5.26. The van der Waals surface area contributed by atoms with Crippen molar-refractivity contribution >= 4 is 17.2 Å². The molecule has 1 fully saturated rings. The van der Waals surface area contributed by atoms with Crippen LogP contribution in [0, 0.1) is 12.8 Å². The third-order valence-electron chi connectivity index (χ3n) is 4.13. The molecule has 1 heterocycles. The molecule has 2 aromatic rings. The van der Waals surface area contributed by atoms with Crippen molar-refractivity contribution in [1.29, 1.82) is 0 Å². The van der Waals surface area contributed by atoms with E-state index in [9.17, 15) is 4.79 Å². The van der Waals surface area contributed by atoms with Crippen molar-refractivity contribution in [2.75, 3.05) is 7.11 Å². The van der Waals surface area contributed by atoms with E-state index in [2.05, 4.69) is 24.4 Å². The van der Waals surface area contributed by atoms with E-state index in [1.807, 2.05) is 24.3 Å². The number of hydrogen-bond donors (Lipinski definition) is 1. The number of methoxy groups -OCH3 is 1. The van der Waals surface area contributed by atoms with Gasteiger partial charge in [0.05, 0.1) is 6.61 Å². The number of nitrogens with one attached hydrogen (secondary N) is 1. The highest BCUT2D eigenvalue weighted by Crippen LogP contribution is 2.49. The summed E-state index contributed by atoms with van der Waals surface area (Å²) in [7, 11) is 1.69. The second kappa shape index (κ2) is 6.63. The Labute approximate surface area is 135 Å². The molecule has 0 saturated heterocycles. The van der Waals surface area contributed by atoms with Gasteiger partial charge in [-0.1, -0.05) is 24.3 Å². The van der Waals surface area contributed by atoms with E-state index in [0.29, 0.717) is 19.1 Å². The fourth-order valence-corrected chi connectivity index (χ4v) is 3.85.